The lowest BCUT2D eigenvalue weighted by molar-refractivity contribution is -0.137. The molecule has 0 radical (unpaired) electrons. The molecule has 0 aromatic carbocycles. The van der Waals surface area contributed by atoms with Crippen molar-refractivity contribution in [1.29, 1.82) is 0 Å². The molecule has 0 spiro atoms. The minimum Gasteiger partial charge on any atom is -0.463 e. The predicted molar refractivity (Wildman–Crippen MR) is 66.0 cm³/mol. The average Bonchev–Trinajstić information content (AvgIpc) is 2.90. The molecule has 0 saturated heterocycles. The first-order valence-corrected chi connectivity index (χ1v) is 6.20. The second kappa shape index (κ2) is 6.51. The first kappa shape index (κ1) is 13.0. The van der Waals surface area contributed by atoms with Crippen molar-refractivity contribution in [2.45, 2.75) is 33.1 Å². The summed E-state index contributed by atoms with van der Waals surface area (Å²) in [5.41, 5.74) is 0. The van der Waals surface area contributed by atoms with Crippen molar-refractivity contribution in [2.75, 3.05) is 6.61 Å². The molecule has 3 atom stereocenters. The molecule has 16 heavy (non-hydrogen) atoms. The van der Waals surface area contributed by atoms with Gasteiger partial charge in [-0.2, -0.15) is 0 Å². The molecule has 2 nitrogen and oxygen atoms in total. The van der Waals surface area contributed by atoms with Crippen LogP contribution >= 0.6 is 0 Å². The lowest BCUT2D eigenvalue weighted by Gasteiger charge is -1.94. The second-order valence-electron chi connectivity index (χ2n) is 4.33. The number of hydrogen-bond acceptors (Lipinski definition) is 2. The Labute approximate surface area is 98.4 Å². The Morgan fingerprint density at radius 1 is 1.38 bits per heavy atom. The summed E-state index contributed by atoms with van der Waals surface area (Å²) >= 11 is 0. The summed E-state index contributed by atoms with van der Waals surface area (Å²) in [5.74, 6) is 1.78. The Balaban J connectivity index is 2.41. The fourth-order valence-corrected chi connectivity index (χ4v) is 2.40. The molecule has 90 valence electrons. The summed E-state index contributed by atoms with van der Waals surface area (Å²) in [6.07, 6.45) is 9.10. The van der Waals surface area contributed by atoms with Gasteiger partial charge in [-0.3, -0.25) is 0 Å². The molecule has 0 aliphatic heterocycles. The van der Waals surface area contributed by atoms with Gasteiger partial charge in [0, 0.05) is 6.08 Å². The van der Waals surface area contributed by atoms with Crippen LogP contribution in [0.15, 0.2) is 24.8 Å². The molecule has 0 N–H and O–H groups in total. The van der Waals surface area contributed by atoms with Gasteiger partial charge >= 0.3 is 5.97 Å². The second-order valence-corrected chi connectivity index (χ2v) is 4.33. The van der Waals surface area contributed by atoms with Gasteiger partial charge in [-0.05, 0) is 37.5 Å². The van der Waals surface area contributed by atoms with Crippen LogP contribution in [0.4, 0.5) is 0 Å². The molecule has 0 bridgehead atoms. The summed E-state index contributed by atoms with van der Waals surface area (Å²) in [5, 5.41) is 0. The van der Waals surface area contributed by atoms with Gasteiger partial charge in [0.1, 0.15) is 0 Å². The van der Waals surface area contributed by atoms with Gasteiger partial charge in [-0.15, -0.1) is 6.58 Å². The van der Waals surface area contributed by atoms with E-state index in [2.05, 4.69) is 13.5 Å². The molecular weight excluding hydrogens is 200 g/mol. The van der Waals surface area contributed by atoms with Gasteiger partial charge in [0.05, 0.1) is 6.61 Å². The van der Waals surface area contributed by atoms with E-state index < -0.39 is 0 Å². The van der Waals surface area contributed by atoms with Crippen molar-refractivity contribution in [3.63, 3.8) is 0 Å². The molecule has 1 unspecified atom stereocenters. The number of carbonyl (C=O) groups is 1. The maximum atomic E-state index is 11.2. The maximum Gasteiger partial charge on any atom is 0.330 e. The lowest BCUT2D eigenvalue weighted by Crippen LogP contribution is -1.99. The van der Waals surface area contributed by atoms with Crippen LogP contribution in [0.3, 0.4) is 0 Å². The third-order valence-electron chi connectivity index (χ3n) is 3.20. The van der Waals surface area contributed by atoms with Gasteiger partial charge in [-0.25, -0.2) is 4.79 Å². The van der Waals surface area contributed by atoms with Crippen molar-refractivity contribution >= 4 is 5.97 Å². The van der Waals surface area contributed by atoms with E-state index in [1.54, 1.807) is 6.08 Å². The summed E-state index contributed by atoms with van der Waals surface area (Å²) in [6.45, 7) is 8.25. The Morgan fingerprint density at radius 3 is 2.69 bits per heavy atom. The van der Waals surface area contributed by atoms with Crippen LogP contribution in [0.5, 0.6) is 0 Å². The molecule has 1 rings (SSSR count). The van der Waals surface area contributed by atoms with E-state index in [-0.39, 0.29) is 5.97 Å². The average molecular weight is 222 g/mol. The van der Waals surface area contributed by atoms with E-state index in [1.165, 1.54) is 12.8 Å². The van der Waals surface area contributed by atoms with Gasteiger partial charge in [-0.1, -0.05) is 25.5 Å². The van der Waals surface area contributed by atoms with Crippen molar-refractivity contribution in [3.8, 4) is 0 Å². The highest BCUT2D eigenvalue weighted by atomic mass is 16.5. The molecule has 2 heteroatoms. The molecule has 1 fully saturated rings. The van der Waals surface area contributed by atoms with Crippen molar-refractivity contribution in [1.82, 2.24) is 0 Å². The van der Waals surface area contributed by atoms with Crippen LogP contribution in [0.1, 0.15) is 33.1 Å². The van der Waals surface area contributed by atoms with Crippen LogP contribution < -0.4 is 0 Å². The van der Waals surface area contributed by atoms with Gasteiger partial charge < -0.3 is 4.74 Å². The first-order valence-electron chi connectivity index (χ1n) is 6.20. The molecule has 1 aliphatic carbocycles. The van der Waals surface area contributed by atoms with E-state index in [9.17, 15) is 4.79 Å². The minimum absolute atomic E-state index is 0.220. The zero-order chi connectivity index (χ0) is 12.0. The summed E-state index contributed by atoms with van der Waals surface area (Å²) in [6, 6.07) is 0. The number of carbonyl (C=O) groups excluding carboxylic acids is 1. The quantitative estimate of drug-likeness (QED) is 0.375. The topological polar surface area (TPSA) is 26.3 Å². The van der Waals surface area contributed by atoms with Gasteiger partial charge in [0.15, 0.2) is 0 Å². The third-order valence-corrected chi connectivity index (χ3v) is 3.20. The highest BCUT2D eigenvalue weighted by Crippen LogP contribution is 2.52. The molecule has 0 heterocycles. The number of hydrogen-bond donors (Lipinski definition) is 0. The van der Waals surface area contributed by atoms with Crippen LogP contribution in [0.25, 0.3) is 0 Å². The Hall–Kier alpha value is -1.05. The monoisotopic (exact) mass is 222 g/mol. The van der Waals surface area contributed by atoms with Gasteiger partial charge in [0.2, 0.25) is 0 Å². The summed E-state index contributed by atoms with van der Waals surface area (Å²) < 4.78 is 4.86. The molecular formula is C14H22O2. The molecule has 0 aromatic rings. The highest BCUT2D eigenvalue weighted by Gasteiger charge is 2.45. The van der Waals surface area contributed by atoms with Crippen LogP contribution in [0, 0.1) is 17.8 Å². The normalized spacial score (nSPS) is 28.0. The number of allylic oxidation sites excluding steroid dienone is 2. The van der Waals surface area contributed by atoms with E-state index >= 15 is 0 Å². The molecule has 0 aromatic heterocycles. The lowest BCUT2D eigenvalue weighted by atomic mass is 10.1. The zero-order valence-corrected chi connectivity index (χ0v) is 10.3. The Bertz CT molecular complexity index is 268. The first-order chi connectivity index (χ1) is 7.74. The third kappa shape index (κ3) is 3.51. The molecule has 1 aliphatic rings. The van der Waals surface area contributed by atoms with Crippen molar-refractivity contribution < 1.29 is 9.53 Å². The Morgan fingerprint density at radius 2 is 2.12 bits per heavy atom. The van der Waals surface area contributed by atoms with E-state index in [1.807, 2.05) is 19.1 Å². The standard InChI is InChI=1S/C14H22O2/c1-4-7-11-12(8-5-2)13(11)9-10-14(15)16-6-3/h4,9-13H,1,5-8H2,2-3H3/b10-9+/t11?,12-,13-/m1/s1. The maximum absolute atomic E-state index is 11.2. The Kier molecular flexibility index (Phi) is 5.30. The molecule has 0 amide bonds. The zero-order valence-electron chi connectivity index (χ0n) is 10.3. The minimum atomic E-state index is -0.220. The number of esters is 1. The fourth-order valence-electron chi connectivity index (χ4n) is 2.40. The molecule has 1 saturated carbocycles. The van der Waals surface area contributed by atoms with Crippen LogP contribution in [-0.2, 0) is 9.53 Å². The van der Waals surface area contributed by atoms with Crippen LogP contribution in [0.2, 0.25) is 0 Å². The highest BCUT2D eigenvalue weighted by molar-refractivity contribution is 5.82. The smallest absolute Gasteiger partial charge is 0.330 e. The summed E-state index contributed by atoms with van der Waals surface area (Å²) in [4.78, 5) is 11.2. The van der Waals surface area contributed by atoms with E-state index in [0.717, 1.165) is 12.3 Å². The number of rotatable bonds is 7. The SMILES string of the molecule is C=CCC1[C@@H](/C=C/C(=O)OCC)[C@@H]1CCC. The number of ether oxygens (including phenoxy) is 1. The van der Waals surface area contributed by atoms with Gasteiger partial charge in [0.25, 0.3) is 0 Å². The fraction of sp³-hybridized carbons (Fsp3) is 0.643. The van der Waals surface area contributed by atoms with Crippen LogP contribution in [-0.4, -0.2) is 12.6 Å². The van der Waals surface area contributed by atoms with E-state index in [0.29, 0.717) is 18.4 Å². The van der Waals surface area contributed by atoms with Crippen molar-refractivity contribution in [2.24, 2.45) is 17.8 Å². The van der Waals surface area contributed by atoms with Crippen molar-refractivity contribution in [3.05, 3.63) is 24.8 Å². The van der Waals surface area contributed by atoms with E-state index in [4.69, 9.17) is 4.74 Å². The predicted octanol–water partition coefficient (Wildman–Crippen LogP) is 3.34. The summed E-state index contributed by atoms with van der Waals surface area (Å²) in [7, 11) is 0. The largest absolute Gasteiger partial charge is 0.463 e.